The third-order valence-corrected chi connectivity index (χ3v) is 4.48. The maximum atomic E-state index is 3.83. The first kappa shape index (κ1) is 14.6. The molecule has 0 aromatic heterocycles. The molecule has 106 valence electrons. The highest BCUT2D eigenvalue weighted by Gasteiger charge is 2.20. The van der Waals surface area contributed by atoms with E-state index in [2.05, 4.69) is 49.5 Å². The van der Waals surface area contributed by atoms with E-state index in [9.17, 15) is 0 Å². The molecule has 2 rings (SSSR count). The van der Waals surface area contributed by atoms with Crippen LogP contribution in [-0.2, 0) is 0 Å². The second kappa shape index (κ2) is 7.69. The van der Waals surface area contributed by atoms with Gasteiger partial charge in [-0.25, -0.2) is 0 Å². The smallest absolute Gasteiger partial charge is 0.0320 e. The quantitative estimate of drug-likeness (QED) is 0.762. The standard InChI is InChI=1S/C18H29N/c1-3-8-18(17-11-5-4-6-12-17)19-14-16-10-7-9-15(2)13-16/h4-6,11-12,15-16,18-19H,3,7-10,13-14H2,1-2H3. The molecule has 19 heavy (non-hydrogen) atoms. The Kier molecular flexibility index (Phi) is 5.91. The minimum absolute atomic E-state index is 0.545. The Morgan fingerprint density at radius 3 is 2.68 bits per heavy atom. The summed E-state index contributed by atoms with van der Waals surface area (Å²) >= 11 is 0. The van der Waals surface area contributed by atoms with Gasteiger partial charge in [-0.15, -0.1) is 0 Å². The molecule has 0 amide bonds. The predicted molar refractivity (Wildman–Crippen MR) is 83.2 cm³/mol. The van der Waals surface area contributed by atoms with E-state index in [0.717, 1.165) is 11.8 Å². The number of nitrogens with one attached hydrogen (secondary N) is 1. The van der Waals surface area contributed by atoms with Gasteiger partial charge in [-0.1, -0.05) is 63.4 Å². The SMILES string of the molecule is CCCC(NCC1CCCC(C)C1)c1ccccc1. The maximum Gasteiger partial charge on any atom is 0.0320 e. The van der Waals surface area contributed by atoms with Crippen molar-refractivity contribution in [3.8, 4) is 0 Å². The monoisotopic (exact) mass is 259 g/mol. The summed E-state index contributed by atoms with van der Waals surface area (Å²) in [5, 5.41) is 3.83. The van der Waals surface area contributed by atoms with Crippen LogP contribution in [0.1, 0.15) is 64.0 Å². The van der Waals surface area contributed by atoms with Gasteiger partial charge in [-0.3, -0.25) is 0 Å². The molecule has 3 atom stereocenters. The van der Waals surface area contributed by atoms with Gasteiger partial charge in [-0.2, -0.15) is 0 Å². The van der Waals surface area contributed by atoms with Crippen LogP contribution in [0, 0.1) is 11.8 Å². The minimum Gasteiger partial charge on any atom is -0.310 e. The van der Waals surface area contributed by atoms with E-state index >= 15 is 0 Å². The van der Waals surface area contributed by atoms with Crippen LogP contribution >= 0.6 is 0 Å². The highest BCUT2D eigenvalue weighted by molar-refractivity contribution is 5.18. The van der Waals surface area contributed by atoms with E-state index in [1.165, 1.54) is 50.6 Å². The molecule has 1 heteroatoms. The van der Waals surface area contributed by atoms with E-state index in [0.29, 0.717) is 6.04 Å². The lowest BCUT2D eigenvalue weighted by Gasteiger charge is -2.29. The molecule has 1 N–H and O–H groups in total. The summed E-state index contributed by atoms with van der Waals surface area (Å²) in [4.78, 5) is 0. The molecule has 1 aliphatic rings. The summed E-state index contributed by atoms with van der Waals surface area (Å²) < 4.78 is 0. The molecule has 3 unspecified atom stereocenters. The first-order valence-electron chi connectivity index (χ1n) is 8.08. The van der Waals surface area contributed by atoms with Gasteiger partial charge in [0, 0.05) is 6.04 Å². The fourth-order valence-corrected chi connectivity index (χ4v) is 3.41. The fraction of sp³-hybridized carbons (Fsp3) is 0.667. The lowest BCUT2D eigenvalue weighted by molar-refractivity contribution is 0.265. The fourth-order valence-electron chi connectivity index (χ4n) is 3.41. The van der Waals surface area contributed by atoms with Crippen LogP contribution in [-0.4, -0.2) is 6.54 Å². The molecule has 0 saturated heterocycles. The summed E-state index contributed by atoms with van der Waals surface area (Å²) in [6.07, 6.45) is 8.19. The van der Waals surface area contributed by atoms with Crippen molar-refractivity contribution in [2.24, 2.45) is 11.8 Å². The molecule has 0 aliphatic heterocycles. The summed E-state index contributed by atoms with van der Waals surface area (Å²) in [7, 11) is 0. The molecule has 1 saturated carbocycles. The molecule has 1 aromatic carbocycles. The summed E-state index contributed by atoms with van der Waals surface area (Å²) in [6, 6.07) is 11.5. The molecule has 0 bridgehead atoms. The van der Waals surface area contributed by atoms with Crippen molar-refractivity contribution in [3.05, 3.63) is 35.9 Å². The molecular weight excluding hydrogens is 230 g/mol. The first-order chi connectivity index (χ1) is 9.29. The van der Waals surface area contributed by atoms with Gasteiger partial charge in [0.15, 0.2) is 0 Å². The zero-order valence-corrected chi connectivity index (χ0v) is 12.6. The van der Waals surface area contributed by atoms with Crippen LogP contribution in [0.25, 0.3) is 0 Å². The van der Waals surface area contributed by atoms with Crippen molar-refractivity contribution in [2.75, 3.05) is 6.54 Å². The Bertz CT molecular complexity index is 346. The number of hydrogen-bond acceptors (Lipinski definition) is 1. The topological polar surface area (TPSA) is 12.0 Å². The highest BCUT2D eigenvalue weighted by atomic mass is 14.9. The molecule has 1 fully saturated rings. The van der Waals surface area contributed by atoms with Crippen LogP contribution in [0.2, 0.25) is 0 Å². The Hall–Kier alpha value is -0.820. The molecule has 1 aliphatic carbocycles. The van der Waals surface area contributed by atoms with E-state index in [1.807, 2.05) is 0 Å². The van der Waals surface area contributed by atoms with Gasteiger partial charge in [0.25, 0.3) is 0 Å². The van der Waals surface area contributed by atoms with Crippen LogP contribution in [0.5, 0.6) is 0 Å². The first-order valence-corrected chi connectivity index (χ1v) is 8.08. The van der Waals surface area contributed by atoms with Crippen molar-refractivity contribution in [1.29, 1.82) is 0 Å². The number of rotatable bonds is 6. The van der Waals surface area contributed by atoms with E-state index in [4.69, 9.17) is 0 Å². The second-order valence-electron chi connectivity index (χ2n) is 6.30. The lowest BCUT2D eigenvalue weighted by Crippen LogP contribution is -2.30. The maximum absolute atomic E-state index is 3.83. The molecule has 0 spiro atoms. The average Bonchev–Trinajstić information content (AvgIpc) is 2.44. The molecular formula is C18H29N. The zero-order valence-electron chi connectivity index (χ0n) is 12.6. The summed E-state index contributed by atoms with van der Waals surface area (Å²) in [6.45, 7) is 5.89. The van der Waals surface area contributed by atoms with Gasteiger partial charge in [-0.05, 0) is 43.2 Å². The lowest BCUT2D eigenvalue weighted by atomic mass is 9.82. The minimum atomic E-state index is 0.545. The Morgan fingerprint density at radius 2 is 2.00 bits per heavy atom. The molecule has 0 radical (unpaired) electrons. The van der Waals surface area contributed by atoms with Crippen molar-refractivity contribution < 1.29 is 0 Å². The largest absolute Gasteiger partial charge is 0.310 e. The molecule has 1 nitrogen and oxygen atoms in total. The highest BCUT2D eigenvalue weighted by Crippen LogP contribution is 2.29. The van der Waals surface area contributed by atoms with Crippen molar-refractivity contribution in [2.45, 2.75) is 58.4 Å². The van der Waals surface area contributed by atoms with Gasteiger partial charge >= 0.3 is 0 Å². The van der Waals surface area contributed by atoms with Gasteiger partial charge in [0.2, 0.25) is 0 Å². The number of benzene rings is 1. The van der Waals surface area contributed by atoms with Gasteiger partial charge in [0.05, 0.1) is 0 Å². The van der Waals surface area contributed by atoms with Gasteiger partial charge in [0.1, 0.15) is 0 Å². The van der Waals surface area contributed by atoms with Crippen molar-refractivity contribution in [1.82, 2.24) is 5.32 Å². The third-order valence-electron chi connectivity index (χ3n) is 4.48. The summed E-state index contributed by atoms with van der Waals surface area (Å²) in [5.41, 5.74) is 1.45. The van der Waals surface area contributed by atoms with Gasteiger partial charge < -0.3 is 5.32 Å². The van der Waals surface area contributed by atoms with Crippen LogP contribution in [0.4, 0.5) is 0 Å². The second-order valence-corrected chi connectivity index (χ2v) is 6.30. The van der Waals surface area contributed by atoms with E-state index < -0.39 is 0 Å². The normalized spacial score (nSPS) is 25.2. The van der Waals surface area contributed by atoms with Crippen molar-refractivity contribution in [3.63, 3.8) is 0 Å². The zero-order chi connectivity index (χ0) is 13.5. The van der Waals surface area contributed by atoms with Crippen LogP contribution < -0.4 is 5.32 Å². The van der Waals surface area contributed by atoms with Crippen molar-refractivity contribution >= 4 is 0 Å². The molecule has 0 heterocycles. The Labute approximate surface area is 118 Å². The Balaban J connectivity index is 1.86. The van der Waals surface area contributed by atoms with E-state index in [-0.39, 0.29) is 0 Å². The Morgan fingerprint density at radius 1 is 1.21 bits per heavy atom. The number of hydrogen-bond donors (Lipinski definition) is 1. The summed E-state index contributed by atoms with van der Waals surface area (Å²) in [5.74, 6) is 1.83. The molecule has 1 aromatic rings. The van der Waals surface area contributed by atoms with Crippen LogP contribution in [0.3, 0.4) is 0 Å². The average molecular weight is 259 g/mol. The van der Waals surface area contributed by atoms with E-state index in [1.54, 1.807) is 0 Å². The third kappa shape index (κ3) is 4.65. The predicted octanol–water partition coefficient (Wildman–Crippen LogP) is 4.94. The van der Waals surface area contributed by atoms with Crippen LogP contribution in [0.15, 0.2) is 30.3 Å².